The second-order valence-corrected chi connectivity index (χ2v) is 5.50. The van der Waals surface area contributed by atoms with Gasteiger partial charge in [-0.2, -0.15) is 17.6 Å². The predicted molar refractivity (Wildman–Crippen MR) is 78.4 cm³/mol. The molecule has 0 radical (unpaired) electrons. The molecule has 1 heterocycles. The van der Waals surface area contributed by atoms with Crippen molar-refractivity contribution >= 4 is 11.6 Å². The average molecular weight is 323 g/mol. The monoisotopic (exact) mass is 323 g/mol. The number of halogens is 4. The van der Waals surface area contributed by atoms with Gasteiger partial charge >= 0.3 is 6.18 Å². The van der Waals surface area contributed by atoms with Crippen molar-refractivity contribution in [3.05, 3.63) is 65.2 Å². The van der Waals surface area contributed by atoms with Gasteiger partial charge in [0, 0.05) is 18.9 Å². The molecule has 0 fully saturated rings. The fourth-order valence-electron chi connectivity index (χ4n) is 2.43. The van der Waals surface area contributed by atoms with E-state index in [2.05, 4.69) is 4.99 Å². The molecule has 0 N–H and O–H groups in total. The molecule has 2 aromatic rings. The molecule has 0 aromatic heterocycles. The van der Waals surface area contributed by atoms with Crippen molar-refractivity contribution in [2.75, 3.05) is 0 Å². The Kier molecular flexibility index (Phi) is 3.62. The highest BCUT2D eigenvalue weighted by molar-refractivity contribution is 5.96. The number of benzene rings is 2. The van der Waals surface area contributed by atoms with Crippen LogP contribution in [0.4, 0.5) is 23.2 Å². The van der Waals surface area contributed by atoms with Crippen LogP contribution in [0.2, 0.25) is 0 Å². The zero-order valence-corrected chi connectivity index (χ0v) is 12.2. The molecular formula is C17H13F4NO. The fourth-order valence-corrected chi connectivity index (χ4v) is 2.43. The van der Waals surface area contributed by atoms with Crippen molar-refractivity contribution in [2.45, 2.75) is 25.4 Å². The number of alkyl halides is 4. The third-order valence-corrected chi connectivity index (χ3v) is 3.47. The van der Waals surface area contributed by atoms with Crippen LogP contribution < -0.4 is 0 Å². The Balaban J connectivity index is 2.11. The first-order chi connectivity index (χ1) is 10.7. The van der Waals surface area contributed by atoms with E-state index in [1.54, 1.807) is 30.3 Å². The lowest BCUT2D eigenvalue weighted by Crippen LogP contribution is -2.28. The van der Waals surface area contributed by atoms with E-state index in [4.69, 9.17) is 4.74 Å². The summed E-state index contributed by atoms with van der Waals surface area (Å²) in [5, 5.41) is 0. The maximum Gasteiger partial charge on any atom is 0.416 e. The third-order valence-electron chi connectivity index (χ3n) is 3.47. The van der Waals surface area contributed by atoms with Crippen LogP contribution in [0.3, 0.4) is 0 Å². The second-order valence-electron chi connectivity index (χ2n) is 5.50. The van der Waals surface area contributed by atoms with Crippen LogP contribution in [0.15, 0.2) is 53.5 Å². The maximum absolute atomic E-state index is 14.6. The molecule has 0 aliphatic carbocycles. The SMILES string of the molecule is C[C@]1(F)Cc2cc(C(F)(F)F)ccc2N=C(c2ccccc2)O1. The highest BCUT2D eigenvalue weighted by Gasteiger charge is 2.35. The number of hydrogen-bond donors (Lipinski definition) is 0. The smallest absolute Gasteiger partial charge is 0.416 e. The number of hydrogen-bond acceptors (Lipinski definition) is 2. The van der Waals surface area contributed by atoms with Crippen molar-refractivity contribution < 1.29 is 22.3 Å². The normalized spacial score (nSPS) is 21.0. The van der Waals surface area contributed by atoms with Gasteiger partial charge < -0.3 is 4.74 Å². The second kappa shape index (κ2) is 5.37. The van der Waals surface area contributed by atoms with E-state index in [0.717, 1.165) is 12.1 Å². The minimum absolute atomic E-state index is 0.0501. The molecule has 6 heteroatoms. The Morgan fingerprint density at radius 2 is 1.78 bits per heavy atom. The summed E-state index contributed by atoms with van der Waals surface area (Å²) in [6.07, 6.45) is -4.80. The summed E-state index contributed by atoms with van der Waals surface area (Å²) in [5.41, 5.74) is 0.170. The summed E-state index contributed by atoms with van der Waals surface area (Å²) in [7, 11) is 0. The first-order valence-electron chi connectivity index (χ1n) is 6.97. The Bertz CT molecular complexity index is 751. The van der Waals surface area contributed by atoms with E-state index in [0.29, 0.717) is 5.56 Å². The van der Waals surface area contributed by atoms with Crippen LogP contribution in [0.1, 0.15) is 23.6 Å². The lowest BCUT2D eigenvalue weighted by Gasteiger charge is -2.21. The molecule has 0 unspecified atom stereocenters. The quantitative estimate of drug-likeness (QED) is 0.674. The number of nitrogens with zero attached hydrogens (tertiary/aromatic N) is 1. The molecule has 1 atom stereocenters. The van der Waals surface area contributed by atoms with Gasteiger partial charge in [-0.15, -0.1) is 0 Å². The maximum atomic E-state index is 14.6. The van der Waals surface area contributed by atoms with Gasteiger partial charge in [-0.1, -0.05) is 18.2 Å². The Morgan fingerprint density at radius 3 is 2.43 bits per heavy atom. The van der Waals surface area contributed by atoms with E-state index < -0.39 is 17.6 Å². The Hall–Kier alpha value is -2.37. The van der Waals surface area contributed by atoms with Gasteiger partial charge in [0.2, 0.25) is 5.90 Å². The number of aliphatic imine (C=N–C) groups is 1. The molecule has 23 heavy (non-hydrogen) atoms. The highest BCUT2D eigenvalue weighted by Crippen LogP contribution is 2.37. The van der Waals surface area contributed by atoms with Crippen LogP contribution in [0, 0.1) is 0 Å². The van der Waals surface area contributed by atoms with Gasteiger partial charge in [-0.3, -0.25) is 0 Å². The van der Waals surface area contributed by atoms with E-state index >= 15 is 0 Å². The molecule has 1 aliphatic heterocycles. The first kappa shape index (κ1) is 15.5. The fraction of sp³-hybridized carbons (Fsp3) is 0.235. The van der Waals surface area contributed by atoms with E-state index in [1.807, 2.05) is 0 Å². The third kappa shape index (κ3) is 3.36. The van der Waals surface area contributed by atoms with Crippen LogP contribution in [-0.2, 0) is 17.3 Å². The molecule has 2 nitrogen and oxygen atoms in total. The van der Waals surface area contributed by atoms with Crippen LogP contribution in [-0.4, -0.2) is 11.8 Å². The lowest BCUT2D eigenvalue weighted by molar-refractivity contribution is -0.137. The summed E-state index contributed by atoms with van der Waals surface area (Å²) in [6.45, 7) is 1.18. The largest absolute Gasteiger partial charge is 0.440 e. The molecule has 1 aliphatic rings. The van der Waals surface area contributed by atoms with Gasteiger partial charge in [0.05, 0.1) is 11.3 Å². The van der Waals surface area contributed by atoms with Crippen LogP contribution in [0.25, 0.3) is 0 Å². The molecule has 0 saturated carbocycles. The van der Waals surface area contributed by atoms with Crippen LogP contribution in [0.5, 0.6) is 0 Å². The molecule has 3 rings (SSSR count). The number of fused-ring (bicyclic) bond motifs is 1. The minimum atomic E-state index is -4.49. The number of rotatable bonds is 1. The molecule has 120 valence electrons. The average Bonchev–Trinajstić information content (AvgIpc) is 2.61. The summed E-state index contributed by atoms with van der Waals surface area (Å²) in [4.78, 5) is 4.22. The standard InChI is InChI=1S/C17H13F4NO/c1-16(18)10-12-9-13(17(19,20)21)7-8-14(12)22-15(23-16)11-5-3-2-4-6-11/h2-9H,10H2,1H3/t16-/m1/s1. The van der Waals surface area contributed by atoms with Crippen molar-refractivity contribution in [2.24, 2.45) is 4.99 Å². The van der Waals surface area contributed by atoms with Crippen molar-refractivity contribution in [1.29, 1.82) is 0 Å². The van der Waals surface area contributed by atoms with Gasteiger partial charge in [-0.05, 0) is 35.9 Å². The van der Waals surface area contributed by atoms with E-state index in [9.17, 15) is 17.6 Å². The topological polar surface area (TPSA) is 21.6 Å². The van der Waals surface area contributed by atoms with E-state index in [-0.39, 0.29) is 23.6 Å². The first-order valence-corrected chi connectivity index (χ1v) is 6.97. The molecule has 0 bridgehead atoms. The molecule has 0 amide bonds. The predicted octanol–water partition coefficient (Wildman–Crippen LogP) is 5.04. The molecule has 0 spiro atoms. The minimum Gasteiger partial charge on any atom is -0.440 e. The Labute approximate surface area is 130 Å². The highest BCUT2D eigenvalue weighted by atomic mass is 19.4. The van der Waals surface area contributed by atoms with Crippen molar-refractivity contribution in [3.8, 4) is 0 Å². The zero-order chi connectivity index (χ0) is 16.7. The Morgan fingerprint density at radius 1 is 1.09 bits per heavy atom. The van der Waals surface area contributed by atoms with Gasteiger partial charge in [0.1, 0.15) is 0 Å². The van der Waals surface area contributed by atoms with Gasteiger partial charge in [-0.25, -0.2) is 4.99 Å². The van der Waals surface area contributed by atoms with Gasteiger partial charge in [0.15, 0.2) is 0 Å². The summed E-state index contributed by atoms with van der Waals surface area (Å²) in [5.74, 6) is -2.10. The lowest BCUT2D eigenvalue weighted by atomic mass is 10.0. The summed E-state index contributed by atoms with van der Waals surface area (Å²) in [6, 6.07) is 11.8. The summed E-state index contributed by atoms with van der Waals surface area (Å²) < 4.78 is 58.4. The van der Waals surface area contributed by atoms with E-state index in [1.165, 1.54) is 13.0 Å². The molecule has 0 saturated heterocycles. The molecular weight excluding hydrogens is 310 g/mol. The van der Waals surface area contributed by atoms with Crippen LogP contribution >= 0.6 is 0 Å². The zero-order valence-electron chi connectivity index (χ0n) is 12.2. The van der Waals surface area contributed by atoms with Crippen molar-refractivity contribution in [1.82, 2.24) is 0 Å². The molecule has 2 aromatic carbocycles. The number of ether oxygens (including phenoxy) is 1. The summed E-state index contributed by atoms with van der Waals surface area (Å²) >= 11 is 0. The van der Waals surface area contributed by atoms with Gasteiger partial charge in [0.25, 0.3) is 5.85 Å². The van der Waals surface area contributed by atoms with Crippen molar-refractivity contribution in [3.63, 3.8) is 0 Å².